The van der Waals surface area contributed by atoms with Crippen LogP contribution in [0.25, 0.3) is 10.9 Å². The molecule has 0 saturated heterocycles. The molecule has 1 aromatic heterocycles. The molecule has 0 unspecified atom stereocenters. The molecule has 1 aliphatic rings. The number of nitrogens with one attached hydrogen (secondary N) is 1. The first-order chi connectivity index (χ1) is 8.31. The van der Waals surface area contributed by atoms with Crippen LogP contribution >= 0.6 is 11.6 Å². The van der Waals surface area contributed by atoms with E-state index in [2.05, 4.69) is 34.6 Å². The van der Waals surface area contributed by atoms with E-state index in [0.29, 0.717) is 5.88 Å². The Labute approximate surface area is 106 Å². The van der Waals surface area contributed by atoms with E-state index >= 15 is 0 Å². The largest absolute Gasteiger partial charge is 0.306 e. The quantitative estimate of drug-likeness (QED) is 0.839. The fraction of sp³-hybridized carbons (Fsp3) is 0.357. The molecule has 3 rings (SSSR count). The Balaban J connectivity index is 1.77. The van der Waals surface area contributed by atoms with Crippen LogP contribution in [-0.2, 0) is 6.54 Å². The fourth-order valence-electron chi connectivity index (χ4n) is 2.03. The summed E-state index contributed by atoms with van der Waals surface area (Å²) in [6, 6.07) is 10.5. The van der Waals surface area contributed by atoms with E-state index in [0.717, 1.165) is 12.1 Å². The first kappa shape index (κ1) is 11.0. The highest BCUT2D eigenvalue weighted by molar-refractivity contribution is 6.18. The molecule has 1 aromatic carbocycles. The van der Waals surface area contributed by atoms with Gasteiger partial charge in [-0.05, 0) is 36.6 Å². The molecule has 2 nitrogen and oxygen atoms in total. The van der Waals surface area contributed by atoms with E-state index in [4.69, 9.17) is 11.6 Å². The maximum absolute atomic E-state index is 5.94. The zero-order valence-electron chi connectivity index (χ0n) is 9.62. The first-order valence-corrected chi connectivity index (χ1v) is 6.49. The van der Waals surface area contributed by atoms with Crippen LogP contribution in [0.3, 0.4) is 0 Å². The van der Waals surface area contributed by atoms with Crippen LogP contribution in [0.1, 0.15) is 18.4 Å². The van der Waals surface area contributed by atoms with Gasteiger partial charge >= 0.3 is 0 Å². The molecule has 1 N–H and O–H groups in total. The molecular formula is C14H15ClN2. The van der Waals surface area contributed by atoms with Crippen LogP contribution in [0.15, 0.2) is 36.5 Å². The second-order valence-electron chi connectivity index (χ2n) is 4.80. The topological polar surface area (TPSA) is 24.9 Å². The third-order valence-electron chi connectivity index (χ3n) is 3.44. The first-order valence-electron chi connectivity index (χ1n) is 5.96. The summed E-state index contributed by atoms with van der Waals surface area (Å²) in [7, 11) is 0. The highest BCUT2D eigenvalue weighted by Crippen LogP contribution is 2.36. The van der Waals surface area contributed by atoms with Gasteiger partial charge in [0.15, 0.2) is 0 Å². The van der Waals surface area contributed by atoms with Crippen LogP contribution in [0.4, 0.5) is 0 Å². The summed E-state index contributed by atoms with van der Waals surface area (Å²) in [5.41, 5.74) is 2.56. The number of benzene rings is 1. The van der Waals surface area contributed by atoms with Crippen molar-refractivity contribution in [1.82, 2.24) is 10.3 Å². The summed E-state index contributed by atoms with van der Waals surface area (Å²) < 4.78 is 0. The molecule has 1 fully saturated rings. The van der Waals surface area contributed by atoms with Gasteiger partial charge in [0.2, 0.25) is 0 Å². The number of hydrogen-bond donors (Lipinski definition) is 1. The molecule has 0 aliphatic heterocycles. The minimum absolute atomic E-state index is 0.214. The zero-order chi connectivity index (χ0) is 11.7. The lowest BCUT2D eigenvalue weighted by molar-refractivity contribution is 0.543. The molecule has 1 heterocycles. The molecule has 0 bridgehead atoms. The van der Waals surface area contributed by atoms with Crippen molar-refractivity contribution in [3.05, 3.63) is 42.1 Å². The summed E-state index contributed by atoms with van der Waals surface area (Å²) in [5, 5.41) is 4.75. The molecule has 1 aliphatic carbocycles. The molecule has 0 radical (unpaired) electrons. The van der Waals surface area contributed by atoms with Gasteiger partial charge in [0.25, 0.3) is 0 Å². The maximum Gasteiger partial charge on any atom is 0.0702 e. The fourth-order valence-corrected chi connectivity index (χ4v) is 2.39. The Kier molecular flexibility index (Phi) is 2.77. The molecular weight excluding hydrogens is 232 g/mol. The Morgan fingerprint density at radius 2 is 2.18 bits per heavy atom. The SMILES string of the molecule is ClCC1(NCc2ccc3ncccc3c2)CC1. The second-order valence-corrected chi connectivity index (χ2v) is 5.07. The summed E-state index contributed by atoms with van der Waals surface area (Å²) >= 11 is 5.94. The van der Waals surface area contributed by atoms with Crippen molar-refractivity contribution in [2.75, 3.05) is 5.88 Å². The number of aromatic nitrogens is 1. The minimum Gasteiger partial charge on any atom is -0.306 e. The van der Waals surface area contributed by atoms with Gasteiger partial charge in [-0.25, -0.2) is 0 Å². The Bertz CT molecular complexity index is 534. The van der Waals surface area contributed by atoms with Crippen molar-refractivity contribution < 1.29 is 0 Å². The normalized spacial score (nSPS) is 17.2. The van der Waals surface area contributed by atoms with Gasteiger partial charge in [-0.15, -0.1) is 11.6 Å². The van der Waals surface area contributed by atoms with E-state index in [-0.39, 0.29) is 5.54 Å². The zero-order valence-corrected chi connectivity index (χ0v) is 10.4. The van der Waals surface area contributed by atoms with E-state index in [1.165, 1.54) is 23.8 Å². The smallest absolute Gasteiger partial charge is 0.0702 e. The average molecular weight is 247 g/mol. The number of alkyl halides is 1. The number of nitrogens with zero attached hydrogens (tertiary/aromatic N) is 1. The third-order valence-corrected chi connectivity index (χ3v) is 3.96. The van der Waals surface area contributed by atoms with Crippen LogP contribution in [0, 0.1) is 0 Å². The summed E-state index contributed by atoms with van der Waals surface area (Å²) in [4.78, 5) is 4.32. The van der Waals surface area contributed by atoms with Crippen molar-refractivity contribution in [3.8, 4) is 0 Å². The van der Waals surface area contributed by atoms with Crippen molar-refractivity contribution in [3.63, 3.8) is 0 Å². The standard InChI is InChI=1S/C14H15ClN2/c15-10-14(5-6-14)17-9-11-3-4-13-12(8-11)2-1-7-16-13/h1-4,7-8,17H,5-6,9-10H2. The Hall–Kier alpha value is -1.12. The lowest BCUT2D eigenvalue weighted by Gasteiger charge is -2.14. The van der Waals surface area contributed by atoms with Crippen molar-refractivity contribution in [2.24, 2.45) is 0 Å². The number of fused-ring (bicyclic) bond motifs is 1. The van der Waals surface area contributed by atoms with Crippen LogP contribution in [0.2, 0.25) is 0 Å². The van der Waals surface area contributed by atoms with Crippen LogP contribution in [-0.4, -0.2) is 16.4 Å². The minimum atomic E-state index is 0.214. The number of hydrogen-bond acceptors (Lipinski definition) is 2. The van der Waals surface area contributed by atoms with Crippen molar-refractivity contribution in [2.45, 2.75) is 24.9 Å². The average Bonchev–Trinajstić information content (AvgIpc) is 3.17. The van der Waals surface area contributed by atoms with Crippen LogP contribution < -0.4 is 5.32 Å². The maximum atomic E-state index is 5.94. The predicted molar refractivity (Wildman–Crippen MR) is 71.3 cm³/mol. The molecule has 0 spiro atoms. The van der Waals surface area contributed by atoms with Gasteiger partial charge in [0, 0.05) is 29.5 Å². The van der Waals surface area contributed by atoms with E-state index < -0.39 is 0 Å². The Morgan fingerprint density at radius 3 is 2.94 bits per heavy atom. The number of rotatable bonds is 4. The molecule has 0 amide bonds. The number of halogens is 1. The van der Waals surface area contributed by atoms with Gasteiger partial charge in [-0.2, -0.15) is 0 Å². The monoisotopic (exact) mass is 246 g/mol. The third kappa shape index (κ3) is 2.28. The van der Waals surface area contributed by atoms with Gasteiger partial charge in [-0.3, -0.25) is 4.98 Å². The number of pyridine rings is 1. The molecule has 1 saturated carbocycles. The van der Waals surface area contributed by atoms with Gasteiger partial charge < -0.3 is 5.32 Å². The van der Waals surface area contributed by atoms with Crippen LogP contribution in [0.5, 0.6) is 0 Å². The summed E-state index contributed by atoms with van der Waals surface area (Å²) in [5.74, 6) is 0.710. The molecule has 3 heteroatoms. The van der Waals surface area contributed by atoms with Crippen molar-refractivity contribution >= 4 is 22.5 Å². The predicted octanol–water partition coefficient (Wildman–Crippen LogP) is 3.10. The lowest BCUT2D eigenvalue weighted by atomic mass is 10.1. The van der Waals surface area contributed by atoms with E-state index in [1.54, 1.807) is 0 Å². The van der Waals surface area contributed by atoms with Gasteiger partial charge in [0.05, 0.1) is 5.52 Å². The highest BCUT2D eigenvalue weighted by Gasteiger charge is 2.40. The lowest BCUT2D eigenvalue weighted by Crippen LogP contribution is -2.32. The molecule has 88 valence electrons. The Morgan fingerprint density at radius 1 is 1.29 bits per heavy atom. The summed E-state index contributed by atoms with van der Waals surface area (Å²) in [6.07, 6.45) is 4.23. The van der Waals surface area contributed by atoms with Gasteiger partial charge in [0.1, 0.15) is 0 Å². The summed E-state index contributed by atoms with van der Waals surface area (Å²) in [6.45, 7) is 0.886. The van der Waals surface area contributed by atoms with Gasteiger partial charge in [-0.1, -0.05) is 12.1 Å². The van der Waals surface area contributed by atoms with E-state index in [1.807, 2.05) is 12.3 Å². The molecule has 0 atom stereocenters. The molecule has 17 heavy (non-hydrogen) atoms. The highest BCUT2D eigenvalue weighted by atomic mass is 35.5. The van der Waals surface area contributed by atoms with E-state index in [9.17, 15) is 0 Å². The van der Waals surface area contributed by atoms with Crippen molar-refractivity contribution in [1.29, 1.82) is 0 Å². The molecule has 2 aromatic rings. The second kappa shape index (κ2) is 4.28.